The van der Waals surface area contributed by atoms with E-state index in [-0.39, 0.29) is 6.10 Å². The number of methoxy groups -OCH3 is 1. The number of hydrogen-bond acceptors (Lipinski definition) is 3. The smallest absolute Gasteiger partial charge is 0.119 e. The van der Waals surface area contributed by atoms with Crippen molar-refractivity contribution in [3.05, 3.63) is 65.7 Å². The molecule has 0 aliphatic carbocycles. The molecule has 0 spiro atoms. The quantitative estimate of drug-likeness (QED) is 0.839. The summed E-state index contributed by atoms with van der Waals surface area (Å²) < 4.78 is 11.0. The first-order chi connectivity index (χ1) is 10.3. The summed E-state index contributed by atoms with van der Waals surface area (Å²) >= 11 is 0. The molecule has 21 heavy (non-hydrogen) atoms. The molecule has 2 unspecified atom stereocenters. The van der Waals surface area contributed by atoms with Crippen molar-refractivity contribution >= 4 is 0 Å². The summed E-state index contributed by atoms with van der Waals surface area (Å²) in [5.74, 6) is 0.821. The molecule has 112 valence electrons. The van der Waals surface area contributed by atoms with E-state index in [9.17, 15) is 5.11 Å². The predicted octanol–water partition coefficient (Wildman–Crippen LogP) is 3.90. The van der Waals surface area contributed by atoms with Gasteiger partial charge >= 0.3 is 0 Å². The van der Waals surface area contributed by atoms with E-state index in [1.54, 1.807) is 7.11 Å². The van der Waals surface area contributed by atoms with Gasteiger partial charge < -0.3 is 14.6 Å². The van der Waals surface area contributed by atoms with Crippen molar-refractivity contribution in [3.8, 4) is 5.75 Å². The van der Waals surface area contributed by atoms with Crippen LogP contribution in [-0.2, 0) is 4.74 Å². The van der Waals surface area contributed by atoms with Crippen molar-refractivity contribution in [2.24, 2.45) is 0 Å². The third-order valence-electron chi connectivity index (χ3n) is 3.36. The van der Waals surface area contributed by atoms with E-state index in [4.69, 9.17) is 9.47 Å². The average Bonchev–Trinajstić information content (AvgIpc) is 2.55. The first-order valence-corrected chi connectivity index (χ1v) is 7.24. The second-order valence-corrected chi connectivity index (χ2v) is 4.93. The Morgan fingerprint density at radius 2 is 1.62 bits per heavy atom. The third kappa shape index (κ3) is 4.06. The van der Waals surface area contributed by atoms with Crippen LogP contribution in [0, 0.1) is 0 Å². The van der Waals surface area contributed by atoms with Crippen molar-refractivity contribution in [2.75, 3.05) is 13.7 Å². The van der Waals surface area contributed by atoms with Crippen LogP contribution in [-0.4, -0.2) is 18.8 Å². The largest absolute Gasteiger partial charge is 0.494 e. The van der Waals surface area contributed by atoms with Gasteiger partial charge in [0.05, 0.1) is 6.61 Å². The Balaban J connectivity index is 2.12. The fraction of sp³-hybridized carbons (Fsp3) is 0.333. The number of hydrogen-bond donors (Lipinski definition) is 1. The molecule has 0 fully saturated rings. The molecule has 0 bridgehead atoms. The first kappa shape index (κ1) is 15.5. The molecule has 2 aromatic rings. The van der Waals surface area contributed by atoms with E-state index in [0.29, 0.717) is 6.61 Å². The highest BCUT2D eigenvalue weighted by Crippen LogP contribution is 2.32. The molecule has 0 saturated heterocycles. The van der Waals surface area contributed by atoms with E-state index < -0.39 is 6.10 Å². The lowest BCUT2D eigenvalue weighted by Gasteiger charge is -2.22. The molecule has 0 aliphatic heterocycles. The molecular weight excluding hydrogens is 264 g/mol. The Morgan fingerprint density at radius 1 is 0.952 bits per heavy atom. The summed E-state index contributed by atoms with van der Waals surface area (Å²) in [4.78, 5) is 0. The lowest BCUT2D eigenvalue weighted by molar-refractivity contribution is -0.0149. The normalized spacial score (nSPS) is 13.7. The lowest BCUT2D eigenvalue weighted by Crippen LogP contribution is -2.12. The van der Waals surface area contributed by atoms with Crippen LogP contribution in [0.2, 0.25) is 0 Å². The van der Waals surface area contributed by atoms with Crippen LogP contribution in [0.15, 0.2) is 54.6 Å². The van der Waals surface area contributed by atoms with Gasteiger partial charge in [-0.3, -0.25) is 0 Å². The van der Waals surface area contributed by atoms with Crippen LogP contribution in [0.4, 0.5) is 0 Å². The highest BCUT2D eigenvalue weighted by molar-refractivity contribution is 5.30. The molecule has 2 aromatic carbocycles. The molecule has 1 N–H and O–H groups in total. The maximum Gasteiger partial charge on any atom is 0.119 e. The fourth-order valence-corrected chi connectivity index (χ4v) is 2.25. The predicted molar refractivity (Wildman–Crippen MR) is 83.4 cm³/mol. The second kappa shape index (κ2) is 7.81. The van der Waals surface area contributed by atoms with Crippen molar-refractivity contribution < 1.29 is 14.6 Å². The monoisotopic (exact) mass is 286 g/mol. The van der Waals surface area contributed by atoms with Gasteiger partial charge in [0.25, 0.3) is 0 Å². The maximum absolute atomic E-state index is 10.5. The molecule has 0 aromatic heterocycles. The Kier molecular flexibility index (Phi) is 5.78. The summed E-state index contributed by atoms with van der Waals surface area (Å²) in [5, 5.41) is 10.5. The van der Waals surface area contributed by atoms with Crippen LogP contribution >= 0.6 is 0 Å². The van der Waals surface area contributed by atoms with E-state index >= 15 is 0 Å². The zero-order valence-corrected chi connectivity index (χ0v) is 12.5. The summed E-state index contributed by atoms with van der Waals surface area (Å²) in [6, 6.07) is 17.3. The van der Waals surface area contributed by atoms with Gasteiger partial charge in [0.1, 0.15) is 18.0 Å². The Labute approximate surface area is 126 Å². The highest BCUT2D eigenvalue weighted by Gasteiger charge is 2.22. The van der Waals surface area contributed by atoms with Gasteiger partial charge in [0, 0.05) is 7.11 Å². The number of aliphatic hydroxyl groups is 1. The molecule has 0 saturated carbocycles. The Bertz CT molecular complexity index is 522. The molecule has 0 heterocycles. The zero-order chi connectivity index (χ0) is 15.1. The van der Waals surface area contributed by atoms with E-state index in [1.165, 1.54) is 0 Å². The van der Waals surface area contributed by atoms with Gasteiger partial charge in [-0.15, -0.1) is 0 Å². The summed E-state index contributed by atoms with van der Waals surface area (Å²) in [5.41, 5.74) is 1.77. The average molecular weight is 286 g/mol. The SMILES string of the molecule is CCCOc1ccc(C(O)C(OC)c2ccccc2)cc1. The van der Waals surface area contributed by atoms with E-state index in [2.05, 4.69) is 6.92 Å². The van der Waals surface area contributed by atoms with Crippen molar-refractivity contribution in [1.82, 2.24) is 0 Å². The van der Waals surface area contributed by atoms with E-state index in [1.807, 2.05) is 54.6 Å². The van der Waals surface area contributed by atoms with Gasteiger partial charge in [-0.25, -0.2) is 0 Å². The molecular formula is C18H22O3. The molecule has 0 amide bonds. The maximum atomic E-state index is 10.5. The molecule has 2 rings (SSSR count). The van der Waals surface area contributed by atoms with Crippen LogP contribution in [0.5, 0.6) is 5.75 Å². The second-order valence-electron chi connectivity index (χ2n) is 4.93. The molecule has 3 nitrogen and oxygen atoms in total. The lowest BCUT2D eigenvalue weighted by atomic mass is 9.98. The van der Waals surface area contributed by atoms with Crippen LogP contribution in [0.3, 0.4) is 0 Å². The molecule has 3 heteroatoms. The summed E-state index contributed by atoms with van der Waals surface area (Å²) in [7, 11) is 1.61. The minimum Gasteiger partial charge on any atom is -0.494 e. The van der Waals surface area contributed by atoms with Crippen LogP contribution in [0.1, 0.15) is 36.7 Å². The number of benzene rings is 2. The van der Waals surface area contributed by atoms with Crippen molar-refractivity contribution in [2.45, 2.75) is 25.6 Å². The molecule has 0 radical (unpaired) electrons. The summed E-state index contributed by atoms with van der Waals surface area (Å²) in [6.07, 6.45) is -0.115. The van der Waals surface area contributed by atoms with Gasteiger partial charge in [-0.2, -0.15) is 0 Å². The van der Waals surface area contributed by atoms with Crippen molar-refractivity contribution in [1.29, 1.82) is 0 Å². The molecule has 0 aliphatic rings. The van der Waals surface area contributed by atoms with Crippen LogP contribution < -0.4 is 4.74 Å². The topological polar surface area (TPSA) is 38.7 Å². The molecule has 2 atom stereocenters. The van der Waals surface area contributed by atoms with Crippen molar-refractivity contribution in [3.63, 3.8) is 0 Å². The Hall–Kier alpha value is -1.84. The van der Waals surface area contributed by atoms with Crippen LogP contribution in [0.25, 0.3) is 0 Å². The number of aliphatic hydroxyl groups excluding tert-OH is 1. The Morgan fingerprint density at radius 3 is 2.19 bits per heavy atom. The standard InChI is InChI=1S/C18H22O3/c1-3-13-21-16-11-9-14(10-12-16)17(19)18(20-2)15-7-5-4-6-8-15/h4-12,17-19H,3,13H2,1-2H3. The van der Waals surface area contributed by atoms with Gasteiger partial charge in [-0.05, 0) is 29.7 Å². The minimum atomic E-state index is -0.711. The zero-order valence-electron chi connectivity index (χ0n) is 12.5. The first-order valence-electron chi connectivity index (χ1n) is 7.24. The minimum absolute atomic E-state index is 0.381. The van der Waals surface area contributed by atoms with Gasteiger partial charge in [0.2, 0.25) is 0 Å². The highest BCUT2D eigenvalue weighted by atomic mass is 16.5. The number of rotatable bonds is 7. The fourth-order valence-electron chi connectivity index (χ4n) is 2.25. The van der Waals surface area contributed by atoms with Gasteiger partial charge in [0.15, 0.2) is 0 Å². The number of ether oxygens (including phenoxy) is 2. The summed E-state index contributed by atoms with van der Waals surface area (Å²) in [6.45, 7) is 2.77. The van der Waals surface area contributed by atoms with E-state index in [0.717, 1.165) is 23.3 Å². The third-order valence-corrected chi connectivity index (χ3v) is 3.36. The van der Waals surface area contributed by atoms with Gasteiger partial charge in [-0.1, -0.05) is 49.4 Å².